The minimum atomic E-state index is -0.982. The number of benzene rings is 2. The van der Waals surface area contributed by atoms with E-state index in [2.05, 4.69) is 0 Å². The van der Waals surface area contributed by atoms with Crippen LogP contribution < -0.4 is 9.47 Å². The van der Waals surface area contributed by atoms with Crippen LogP contribution in [0.2, 0.25) is 0 Å². The fourth-order valence-corrected chi connectivity index (χ4v) is 3.63. The molecule has 1 aliphatic rings. The van der Waals surface area contributed by atoms with Gasteiger partial charge in [-0.05, 0) is 60.4 Å². The topological polar surface area (TPSA) is 61.8 Å². The smallest absolute Gasteiger partial charge is 0.317 e. The van der Waals surface area contributed by atoms with Crippen LogP contribution >= 0.6 is 0 Å². The Labute approximate surface area is 169 Å². The zero-order valence-electron chi connectivity index (χ0n) is 16.6. The van der Waals surface area contributed by atoms with Gasteiger partial charge in [-0.1, -0.05) is 12.1 Å². The van der Waals surface area contributed by atoms with Crippen LogP contribution in [0, 0.1) is 11.7 Å². The Bertz CT molecular complexity index is 928. The molecule has 0 heterocycles. The molecular weight excluding hydrogens is 375 g/mol. The van der Waals surface area contributed by atoms with Gasteiger partial charge in [-0.15, -0.1) is 0 Å². The molecule has 1 aliphatic carbocycles. The van der Waals surface area contributed by atoms with Gasteiger partial charge in [0.15, 0.2) is 5.78 Å². The third-order valence-corrected chi connectivity index (χ3v) is 5.00. The van der Waals surface area contributed by atoms with Crippen molar-refractivity contribution in [3.05, 3.63) is 65.5 Å². The quantitative estimate of drug-likeness (QED) is 0.540. The highest BCUT2D eigenvalue weighted by Crippen LogP contribution is 2.42. The largest absolute Gasteiger partial charge is 0.497 e. The highest BCUT2D eigenvalue weighted by atomic mass is 19.1. The number of hydrogen-bond acceptors (Lipinski definition) is 5. The van der Waals surface area contributed by atoms with Gasteiger partial charge in [-0.25, -0.2) is 4.39 Å². The second-order valence-corrected chi connectivity index (χ2v) is 6.77. The number of hydrogen-bond donors (Lipinski definition) is 0. The van der Waals surface area contributed by atoms with Gasteiger partial charge in [0.1, 0.15) is 23.2 Å². The van der Waals surface area contributed by atoms with E-state index in [1.807, 2.05) is 0 Å². The van der Waals surface area contributed by atoms with Crippen molar-refractivity contribution in [3.8, 4) is 11.5 Å². The predicted molar refractivity (Wildman–Crippen MR) is 106 cm³/mol. The van der Waals surface area contributed by atoms with E-state index in [4.69, 9.17) is 14.2 Å². The summed E-state index contributed by atoms with van der Waals surface area (Å²) in [5, 5.41) is 0. The predicted octanol–water partition coefficient (Wildman–Crippen LogP) is 4.16. The van der Waals surface area contributed by atoms with Crippen molar-refractivity contribution < 1.29 is 28.2 Å². The van der Waals surface area contributed by atoms with Crippen LogP contribution in [0.1, 0.15) is 30.4 Å². The summed E-state index contributed by atoms with van der Waals surface area (Å²) in [7, 11) is 3.07. The first-order chi connectivity index (χ1) is 14.0. The molecule has 0 radical (unpaired) electrons. The number of halogens is 1. The molecule has 3 rings (SSSR count). The summed E-state index contributed by atoms with van der Waals surface area (Å²) in [6.45, 7) is 1.88. The summed E-state index contributed by atoms with van der Waals surface area (Å²) < 4.78 is 29.6. The van der Waals surface area contributed by atoms with E-state index in [-0.39, 0.29) is 18.2 Å². The number of ketones is 1. The van der Waals surface area contributed by atoms with Crippen LogP contribution in [0.4, 0.5) is 4.39 Å². The van der Waals surface area contributed by atoms with E-state index in [1.165, 1.54) is 32.4 Å². The van der Waals surface area contributed by atoms with Crippen molar-refractivity contribution in [2.45, 2.75) is 19.3 Å². The van der Waals surface area contributed by atoms with E-state index in [9.17, 15) is 14.0 Å². The number of carbonyl (C=O) groups is 2. The molecule has 2 aromatic rings. The fourth-order valence-electron chi connectivity index (χ4n) is 3.63. The molecule has 0 spiro atoms. The molecule has 0 aliphatic heterocycles. The number of allylic oxidation sites excluding steroid dienone is 2. The standard InChI is InChI=1S/C23H23FO5/c1-4-29-23(26)22-20(16-9-18(27-2)13-19(10-16)28-3)11-15(12-21(22)25)14-6-5-7-17(24)8-14/h5-10,12-13,20,22H,4,11H2,1-3H3/t20-,22+/m0/s1. The molecule has 0 amide bonds. The molecule has 0 unspecified atom stereocenters. The highest BCUT2D eigenvalue weighted by molar-refractivity contribution is 6.10. The summed E-state index contributed by atoms with van der Waals surface area (Å²) in [6, 6.07) is 11.3. The van der Waals surface area contributed by atoms with Crippen LogP contribution in [0.3, 0.4) is 0 Å². The van der Waals surface area contributed by atoms with Gasteiger partial charge in [0.2, 0.25) is 0 Å². The average Bonchev–Trinajstić information content (AvgIpc) is 2.72. The Hall–Kier alpha value is -3.15. The lowest BCUT2D eigenvalue weighted by atomic mass is 9.73. The number of rotatable bonds is 6. The lowest BCUT2D eigenvalue weighted by molar-refractivity contribution is -0.151. The Kier molecular flexibility index (Phi) is 6.32. The first kappa shape index (κ1) is 20.6. The fraction of sp³-hybridized carbons (Fsp3) is 0.304. The van der Waals surface area contributed by atoms with Crippen molar-refractivity contribution in [1.29, 1.82) is 0 Å². The van der Waals surface area contributed by atoms with Crippen molar-refractivity contribution in [1.82, 2.24) is 0 Å². The summed E-state index contributed by atoms with van der Waals surface area (Å²) in [5.41, 5.74) is 2.00. The SMILES string of the molecule is CCOC(=O)[C@H]1C(=O)C=C(c2cccc(F)c2)C[C@H]1c1cc(OC)cc(OC)c1. The maximum Gasteiger partial charge on any atom is 0.317 e. The summed E-state index contributed by atoms with van der Waals surface area (Å²) >= 11 is 0. The Morgan fingerprint density at radius 2 is 1.79 bits per heavy atom. The molecule has 2 aromatic carbocycles. The number of carbonyl (C=O) groups excluding carboxylic acids is 2. The molecule has 0 fully saturated rings. The lowest BCUT2D eigenvalue weighted by Gasteiger charge is -2.30. The minimum Gasteiger partial charge on any atom is -0.497 e. The van der Waals surface area contributed by atoms with Crippen LogP contribution in [0.5, 0.6) is 11.5 Å². The van der Waals surface area contributed by atoms with Crippen LogP contribution in [0.25, 0.3) is 5.57 Å². The molecular formula is C23H23FO5. The van der Waals surface area contributed by atoms with Gasteiger partial charge in [0, 0.05) is 12.0 Å². The number of esters is 1. The molecule has 2 atom stereocenters. The van der Waals surface area contributed by atoms with E-state index in [1.54, 1.807) is 37.3 Å². The van der Waals surface area contributed by atoms with Crippen molar-refractivity contribution >= 4 is 17.3 Å². The van der Waals surface area contributed by atoms with Gasteiger partial charge in [0.25, 0.3) is 0 Å². The van der Waals surface area contributed by atoms with Gasteiger partial charge in [-0.3, -0.25) is 9.59 Å². The van der Waals surface area contributed by atoms with Crippen LogP contribution in [-0.4, -0.2) is 32.6 Å². The van der Waals surface area contributed by atoms with Crippen molar-refractivity contribution in [2.24, 2.45) is 5.92 Å². The molecule has 152 valence electrons. The second-order valence-electron chi connectivity index (χ2n) is 6.77. The van der Waals surface area contributed by atoms with Gasteiger partial charge >= 0.3 is 5.97 Å². The van der Waals surface area contributed by atoms with Crippen LogP contribution in [-0.2, 0) is 14.3 Å². The van der Waals surface area contributed by atoms with Crippen molar-refractivity contribution in [3.63, 3.8) is 0 Å². The zero-order valence-corrected chi connectivity index (χ0v) is 16.6. The van der Waals surface area contributed by atoms with Crippen LogP contribution in [0.15, 0.2) is 48.5 Å². The lowest BCUT2D eigenvalue weighted by Crippen LogP contribution is -2.34. The highest BCUT2D eigenvalue weighted by Gasteiger charge is 2.40. The normalized spacial score (nSPS) is 18.8. The monoisotopic (exact) mass is 398 g/mol. The summed E-state index contributed by atoms with van der Waals surface area (Å²) in [6.07, 6.45) is 1.79. The maximum atomic E-state index is 13.7. The summed E-state index contributed by atoms with van der Waals surface area (Å²) in [5.74, 6) is -1.69. The molecule has 0 saturated heterocycles. The molecule has 0 bridgehead atoms. The second kappa shape index (κ2) is 8.90. The molecule has 0 N–H and O–H groups in total. The summed E-state index contributed by atoms with van der Waals surface area (Å²) in [4.78, 5) is 25.5. The maximum absolute atomic E-state index is 13.7. The van der Waals surface area contributed by atoms with E-state index < -0.39 is 17.8 Å². The Balaban J connectivity index is 2.09. The van der Waals surface area contributed by atoms with E-state index >= 15 is 0 Å². The molecule has 0 aromatic heterocycles. The molecule has 0 saturated carbocycles. The number of ether oxygens (including phenoxy) is 3. The molecule has 6 heteroatoms. The Morgan fingerprint density at radius 3 is 2.38 bits per heavy atom. The van der Waals surface area contributed by atoms with Gasteiger partial charge in [0.05, 0.1) is 20.8 Å². The molecule has 29 heavy (non-hydrogen) atoms. The molecule has 5 nitrogen and oxygen atoms in total. The first-order valence-electron chi connectivity index (χ1n) is 9.36. The number of methoxy groups -OCH3 is 2. The van der Waals surface area contributed by atoms with Crippen molar-refractivity contribution in [2.75, 3.05) is 20.8 Å². The third kappa shape index (κ3) is 4.47. The minimum absolute atomic E-state index is 0.178. The van der Waals surface area contributed by atoms with Gasteiger partial charge < -0.3 is 14.2 Å². The third-order valence-electron chi connectivity index (χ3n) is 5.00. The first-order valence-corrected chi connectivity index (χ1v) is 9.36. The average molecular weight is 398 g/mol. The van der Waals surface area contributed by atoms with E-state index in [0.717, 1.165) is 5.56 Å². The van der Waals surface area contributed by atoms with E-state index in [0.29, 0.717) is 29.1 Å². The van der Waals surface area contributed by atoms with Gasteiger partial charge in [-0.2, -0.15) is 0 Å². The Morgan fingerprint density at radius 1 is 1.10 bits per heavy atom. The zero-order chi connectivity index (χ0) is 21.0.